The van der Waals surface area contributed by atoms with Crippen LogP contribution in [0.5, 0.6) is 0 Å². The van der Waals surface area contributed by atoms with E-state index in [1.54, 1.807) is 0 Å². The zero-order valence-electron chi connectivity index (χ0n) is 8.72. The summed E-state index contributed by atoms with van der Waals surface area (Å²) in [7, 11) is 0. The standard InChI is InChI=1S/C9H21NOS/c1-7(6-12-5)10-8(2)9(3,4)11/h7-8,10-11H,6H2,1-5H3. The molecule has 0 spiro atoms. The minimum atomic E-state index is -0.632. The van der Waals surface area contributed by atoms with E-state index in [-0.39, 0.29) is 6.04 Å². The van der Waals surface area contributed by atoms with E-state index in [0.29, 0.717) is 6.04 Å². The summed E-state index contributed by atoms with van der Waals surface area (Å²) >= 11 is 1.82. The molecule has 0 saturated heterocycles. The fraction of sp³-hybridized carbons (Fsp3) is 1.00. The second-order valence-corrected chi connectivity index (χ2v) is 4.81. The number of nitrogens with one attached hydrogen (secondary N) is 1. The van der Waals surface area contributed by atoms with Gasteiger partial charge in [-0.15, -0.1) is 0 Å². The molecule has 0 aromatic carbocycles. The molecular formula is C9H21NOS. The summed E-state index contributed by atoms with van der Waals surface area (Å²) in [5, 5.41) is 13.0. The van der Waals surface area contributed by atoms with E-state index in [2.05, 4.69) is 18.5 Å². The lowest BCUT2D eigenvalue weighted by Crippen LogP contribution is -2.48. The lowest BCUT2D eigenvalue weighted by atomic mass is 10.0. The van der Waals surface area contributed by atoms with Crippen LogP contribution in [0.2, 0.25) is 0 Å². The molecule has 0 fully saturated rings. The number of rotatable bonds is 5. The quantitative estimate of drug-likeness (QED) is 0.690. The first-order chi connectivity index (χ1) is 5.38. The molecule has 3 heteroatoms. The molecular weight excluding hydrogens is 170 g/mol. The molecule has 2 unspecified atom stereocenters. The molecule has 12 heavy (non-hydrogen) atoms. The van der Waals surface area contributed by atoms with E-state index in [1.807, 2.05) is 32.5 Å². The first-order valence-corrected chi connectivity index (χ1v) is 5.74. The summed E-state index contributed by atoms with van der Waals surface area (Å²) in [5.41, 5.74) is -0.632. The monoisotopic (exact) mass is 191 g/mol. The molecule has 0 rings (SSSR count). The third kappa shape index (κ3) is 5.01. The Morgan fingerprint density at radius 3 is 2.25 bits per heavy atom. The number of aliphatic hydroxyl groups is 1. The highest BCUT2D eigenvalue weighted by Crippen LogP contribution is 2.09. The van der Waals surface area contributed by atoms with Gasteiger partial charge in [0.25, 0.3) is 0 Å². The molecule has 0 aliphatic rings. The number of hydrogen-bond donors (Lipinski definition) is 2. The third-order valence-corrected chi connectivity index (χ3v) is 2.84. The van der Waals surface area contributed by atoms with Crippen LogP contribution in [-0.2, 0) is 0 Å². The van der Waals surface area contributed by atoms with Crippen molar-refractivity contribution < 1.29 is 5.11 Å². The molecule has 2 atom stereocenters. The summed E-state index contributed by atoms with van der Waals surface area (Å²) in [6.45, 7) is 7.81. The van der Waals surface area contributed by atoms with Crippen LogP contribution in [0.1, 0.15) is 27.7 Å². The molecule has 2 nitrogen and oxygen atoms in total. The fourth-order valence-electron chi connectivity index (χ4n) is 0.929. The van der Waals surface area contributed by atoms with Crippen LogP contribution in [-0.4, -0.2) is 34.8 Å². The summed E-state index contributed by atoms with van der Waals surface area (Å²) in [6.07, 6.45) is 2.09. The van der Waals surface area contributed by atoms with Gasteiger partial charge >= 0.3 is 0 Å². The Morgan fingerprint density at radius 2 is 1.92 bits per heavy atom. The number of hydrogen-bond acceptors (Lipinski definition) is 3. The third-order valence-electron chi connectivity index (χ3n) is 2.01. The van der Waals surface area contributed by atoms with Crippen LogP contribution in [0.3, 0.4) is 0 Å². The normalized spacial score (nSPS) is 17.5. The highest BCUT2D eigenvalue weighted by Gasteiger charge is 2.22. The van der Waals surface area contributed by atoms with E-state index in [4.69, 9.17) is 0 Å². The van der Waals surface area contributed by atoms with E-state index in [0.717, 1.165) is 5.75 Å². The molecule has 0 aromatic heterocycles. The molecule has 0 heterocycles. The van der Waals surface area contributed by atoms with Crippen LogP contribution in [0.25, 0.3) is 0 Å². The Kier molecular flexibility index (Phi) is 5.21. The van der Waals surface area contributed by atoms with Crippen molar-refractivity contribution in [1.82, 2.24) is 5.32 Å². The van der Waals surface area contributed by atoms with Gasteiger partial charge in [-0.2, -0.15) is 11.8 Å². The molecule has 0 radical (unpaired) electrons. The van der Waals surface area contributed by atoms with Crippen LogP contribution in [0.4, 0.5) is 0 Å². The minimum Gasteiger partial charge on any atom is -0.389 e. The zero-order chi connectivity index (χ0) is 9.78. The summed E-state index contributed by atoms with van der Waals surface area (Å²) in [6, 6.07) is 0.598. The van der Waals surface area contributed by atoms with Gasteiger partial charge in [0.15, 0.2) is 0 Å². The van der Waals surface area contributed by atoms with Crippen LogP contribution in [0.15, 0.2) is 0 Å². The average Bonchev–Trinajstić information content (AvgIpc) is 1.85. The van der Waals surface area contributed by atoms with Gasteiger partial charge in [0.05, 0.1) is 5.60 Å². The number of thioether (sulfide) groups is 1. The minimum absolute atomic E-state index is 0.139. The maximum Gasteiger partial charge on any atom is 0.0741 e. The Bertz CT molecular complexity index is 122. The summed E-state index contributed by atoms with van der Waals surface area (Å²) in [4.78, 5) is 0. The first kappa shape index (κ1) is 12.3. The summed E-state index contributed by atoms with van der Waals surface area (Å²) in [5.74, 6) is 1.08. The van der Waals surface area contributed by atoms with Gasteiger partial charge in [0, 0.05) is 17.8 Å². The lowest BCUT2D eigenvalue weighted by molar-refractivity contribution is 0.0416. The molecule has 0 aliphatic heterocycles. The molecule has 0 aromatic rings. The lowest BCUT2D eigenvalue weighted by Gasteiger charge is -2.29. The van der Waals surface area contributed by atoms with E-state index in [9.17, 15) is 5.11 Å². The van der Waals surface area contributed by atoms with Gasteiger partial charge in [-0.1, -0.05) is 0 Å². The predicted molar refractivity (Wildman–Crippen MR) is 56.7 cm³/mol. The largest absolute Gasteiger partial charge is 0.389 e. The second kappa shape index (κ2) is 5.10. The van der Waals surface area contributed by atoms with Crippen LogP contribution in [0, 0.1) is 0 Å². The van der Waals surface area contributed by atoms with Crippen molar-refractivity contribution in [3.63, 3.8) is 0 Å². The predicted octanol–water partition coefficient (Wildman–Crippen LogP) is 1.49. The SMILES string of the molecule is CSCC(C)NC(C)C(C)(C)O. The fourth-order valence-corrected chi connectivity index (χ4v) is 1.53. The van der Waals surface area contributed by atoms with Gasteiger partial charge < -0.3 is 10.4 Å². The topological polar surface area (TPSA) is 32.3 Å². The average molecular weight is 191 g/mol. The van der Waals surface area contributed by atoms with Gasteiger partial charge in [0.1, 0.15) is 0 Å². The Hall–Kier alpha value is 0.270. The van der Waals surface area contributed by atoms with Gasteiger partial charge in [-0.05, 0) is 34.0 Å². The first-order valence-electron chi connectivity index (χ1n) is 4.35. The van der Waals surface area contributed by atoms with E-state index >= 15 is 0 Å². The molecule has 0 amide bonds. The smallest absolute Gasteiger partial charge is 0.0741 e. The van der Waals surface area contributed by atoms with Crippen molar-refractivity contribution in [1.29, 1.82) is 0 Å². The van der Waals surface area contributed by atoms with Crippen molar-refractivity contribution in [3.8, 4) is 0 Å². The molecule has 2 N–H and O–H groups in total. The Balaban J connectivity index is 3.76. The van der Waals surface area contributed by atoms with Crippen LogP contribution < -0.4 is 5.32 Å². The zero-order valence-corrected chi connectivity index (χ0v) is 9.53. The van der Waals surface area contributed by atoms with Crippen molar-refractivity contribution >= 4 is 11.8 Å². The summed E-state index contributed by atoms with van der Waals surface area (Å²) < 4.78 is 0. The van der Waals surface area contributed by atoms with Gasteiger partial charge in [-0.25, -0.2) is 0 Å². The van der Waals surface area contributed by atoms with Crippen LogP contribution >= 0.6 is 11.8 Å². The van der Waals surface area contributed by atoms with E-state index < -0.39 is 5.60 Å². The van der Waals surface area contributed by atoms with E-state index in [1.165, 1.54) is 0 Å². The molecule has 0 aliphatic carbocycles. The molecule has 0 saturated carbocycles. The molecule has 74 valence electrons. The second-order valence-electron chi connectivity index (χ2n) is 3.90. The highest BCUT2D eigenvalue weighted by atomic mass is 32.2. The highest BCUT2D eigenvalue weighted by molar-refractivity contribution is 7.98. The Morgan fingerprint density at radius 1 is 1.42 bits per heavy atom. The van der Waals surface area contributed by atoms with Crippen molar-refractivity contribution in [2.24, 2.45) is 0 Å². The van der Waals surface area contributed by atoms with Gasteiger partial charge in [0.2, 0.25) is 0 Å². The van der Waals surface area contributed by atoms with Crippen molar-refractivity contribution in [2.75, 3.05) is 12.0 Å². The Labute approximate surface area is 80.1 Å². The molecule has 0 bridgehead atoms. The maximum atomic E-state index is 9.63. The maximum absolute atomic E-state index is 9.63. The van der Waals surface area contributed by atoms with Crippen molar-refractivity contribution in [3.05, 3.63) is 0 Å². The van der Waals surface area contributed by atoms with Gasteiger partial charge in [-0.3, -0.25) is 0 Å². The van der Waals surface area contributed by atoms with Crippen molar-refractivity contribution in [2.45, 2.75) is 45.4 Å².